The number of ether oxygens (including phenoxy) is 2. The lowest BCUT2D eigenvalue weighted by Gasteiger charge is -2.34. The maximum absolute atomic E-state index is 12.1. The summed E-state index contributed by atoms with van der Waals surface area (Å²) in [6.07, 6.45) is -0.760. The molecule has 0 radical (unpaired) electrons. The lowest BCUT2D eigenvalue weighted by atomic mass is 10.1. The molecule has 9 heteroatoms. The molecule has 0 saturated carbocycles. The van der Waals surface area contributed by atoms with Crippen LogP contribution in [0.4, 0.5) is 15.4 Å². The van der Waals surface area contributed by atoms with Gasteiger partial charge in [0.25, 0.3) is 0 Å². The first kappa shape index (κ1) is 19.8. The number of nitrogens with one attached hydrogen (secondary N) is 1. The molecular formula is C21H24N4O5. The van der Waals surface area contributed by atoms with Crippen LogP contribution in [0.25, 0.3) is 0 Å². The Balaban J connectivity index is 1.29. The second-order valence-electron chi connectivity index (χ2n) is 7.31. The van der Waals surface area contributed by atoms with Crippen molar-refractivity contribution in [2.24, 2.45) is 0 Å². The molecule has 1 aromatic heterocycles. The molecule has 1 saturated heterocycles. The van der Waals surface area contributed by atoms with Gasteiger partial charge < -0.3 is 29.7 Å². The quantitative estimate of drug-likeness (QED) is 0.793. The molecule has 0 spiro atoms. The van der Waals surface area contributed by atoms with Crippen LogP contribution in [0.15, 0.2) is 42.5 Å². The van der Waals surface area contributed by atoms with Crippen molar-refractivity contribution < 1.29 is 24.2 Å². The summed E-state index contributed by atoms with van der Waals surface area (Å²) in [5.74, 6) is 1.33. The summed E-state index contributed by atoms with van der Waals surface area (Å²) < 4.78 is 11.0. The Morgan fingerprint density at radius 2 is 1.90 bits per heavy atom. The van der Waals surface area contributed by atoms with Gasteiger partial charge in [0.1, 0.15) is 19.0 Å². The Kier molecular flexibility index (Phi) is 5.87. The maximum Gasteiger partial charge on any atom is 0.407 e. The number of aromatic nitrogens is 1. The number of nitrogens with zero attached hydrogens (tertiary/aromatic N) is 3. The van der Waals surface area contributed by atoms with Crippen LogP contribution in [-0.2, 0) is 17.8 Å². The van der Waals surface area contributed by atoms with E-state index in [1.54, 1.807) is 0 Å². The summed E-state index contributed by atoms with van der Waals surface area (Å²) in [5, 5.41) is 11.9. The summed E-state index contributed by atoms with van der Waals surface area (Å²) >= 11 is 0. The minimum atomic E-state index is -0.891. The molecule has 2 aliphatic heterocycles. The number of carbonyl (C=O) groups is 2. The number of alkyl carbamates (subject to hydrolysis) is 1. The van der Waals surface area contributed by atoms with E-state index < -0.39 is 12.2 Å². The lowest BCUT2D eigenvalue weighted by Crippen LogP contribution is -2.48. The minimum absolute atomic E-state index is 0.187. The molecule has 2 aromatic rings. The fourth-order valence-corrected chi connectivity index (χ4v) is 3.57. The number of carbonyl (C=O) groups excluding carboxylic acids is 1. The number of benzene rings is 1. The maximum atomic E-state index is 12.1. The average molecular weight is 412 g/mol. The van der Waals surface area contributed by atoms with E-state index in [2.05, 4.69) is 10.3 Å². The number of amides is 2. The van der Waals surface area contributed by atoms with E-state index in [-0.39, 0.29) is 12.6 Å². The zero-order valence-corrected chi connectivity index (χ0v) is 16.5. The second-order valence-corrected chi connectivity index (χ2v) is 7.31. The Bertz CT molecular complexity index is 900. The van der Waals surface area contributed by atoms with Gasteiger partial charge in [0.15, 0.2) is 0 Å². The number of fused-ring (bicyclic) bond motifs is 1. The van der Waals surface area contributed by atoms with E-state index >= 15 is 0 Å². The summed E-state index contributed by atoms with van der Waals surface area (Å²) in [4.78, 5) is 31.2. The second kappa shape index (κ2) is 8.89. The Morgan fingerprint density at radius 1 is 1.13 bits per heavy atom. The van der Waals surface area contributed by atoms with Crippen LogP contribution in [0, 0.1) is 0 Å². The number of rotatable bonds is 4. The van der Waals surface area contributed by atoms with Crippen molar-refractivity contribution in [3.05, 3.63) is 53.6 Å². The number of anilines is 1. The Labute approximate surface area is 174 Å². The van der Waals surface area contributed by atoms with Gasteiger partial charge in [-0.1, -0.05) is 30.3 Å². The number of hydrogen-bond donors (Lipinski definition) is 2. The first-order chi connectivity index (χ1) is 14.6. The molecular weight excluding hydrogens is 388 g/mol. The summed E-state index contributed by atoms with van der Waals surface area (Å²) in [6.45, 7) is 2.62. The van der Waals surface area contributed by atoms with Gasteiger partial charge in [-0.15, -0.1) is 0 Å². The molecule has 2 aliphatic rings. The molecule has 1 atom stereocenters. The highest BCUT2D eigenvalue weighted by Gasteiger charge is 2.26. The molecule has 0 unspecified atom stereocenters. The highest BCUT2D eigenvalue weighted by Crippen LogP contribution is 2.26. The van der Waals surface area contributed by atoms with Crippen molar-refractivity contribution in [1.29, 1.82) is 0 Å². The van der Waals surface area contributed by atoms with E-state index in [1.165, 1.54) is 4.90 Å². The fraction of sp³-hybridized carbons (Fsp3) is 0.381. The number of carboxylic acid groups (broad SMARTS) is 1. The molecule has 30 heavy (non-hydrogen) atoms. The summed E-state index contributed by atoms with van der Waals surface area (Å²) in [6, 6.07) is 13.2. The van der Waals surface area contributed by atoms with Crippen molar-refractivity contribution in [3.63, 3.8) is 0 Å². The van der Waals surface area contributed by atoms with Gasteiger partial charge in [0.05, 0.1) is 6.04 Å². The molecule has 4 rings (SSSR count). The Hall–Kier alpha value is -3.49. The van der Waals surface area contributed by atoms with Gasteiger partial charge in [-0.05, 0) is 17.7 Å². The zero-order valence-electron chi connectivity index (χ0n) is 16.5. The van der Waals surface area contributed by atoms with Crippen LogP contribution in [0.2, 0.25) is 0 Å². The fourth-order valence-electron chi connectivity index (χ4n) is 3.57. The summed E-state index contributed by atoms with van der Waals surface area (Å²) in [7, 11) is 0. The third-order valence-electron chi connectivity index (χ3n) is 5.22. The molecule has 1 fully saturated rings. The van der Waals surface area contributed by atoms with E-state index in [0.717, 1.165) is 16.9 Å². The minimum Gasteiger partial charge on any atom is -0.475 e. The average Bonchev–Trinajstić information content (AvgIpc) is 2.78. The van der Waals surface area contributed by atoms with Crippen molar-refractivity contribution in [2.75, 3.05) is 37.7 Å². The molecule has 0 bridgehead atoms. The highest BCUT2D eigenvalue weighted by molar-refractivity contribution is 5.68. The van der Waals surface area contributed by atoms with Crippen molar-refractivity contribution in [1.82, 2.24) is 15.2 Å². The predicted octanol–water partition coefficient (Wildman–Crippen LogP) is 2.11. The predicted molar refractivity (Wildman–Crippen MR) is 109 cm³/mol. The third kappa shape index (κ3) is 4.73. The SMILES string of the molecule is O=C(N[C@H]1COc2nc(N3CCN(C(=O)O)CC3)ccc2C1)OCc1ccccc1. The van der Waals surface area contributed by atoms with E-state index in [1.807, 2.05) is 47.4 Å². The van der Waals surface area contributed by atoms with Crippen LogP contribution in [0.5, 0.6) is 5.88 Å². The number of piperazine rings is 1. The molecule has 158 valence electrons. The molecule has 2 N–H and O–H groups in total. The molecule has 1 aromatic carbocycles. The third-order valence-corrected chi connectivity index (χ3v) is 5.22. The van der Waals surface area contributed by atoms with Crippen LogP contribution in [-0.4, -0.2) is 66.0 Å². The van der Waals surface area contributed by atoms with Gasteiger partial charge in [-0.2, -0.15) is 4.98 Å². The first-order valence-corrected chi connectivity index (χ1v) is 9.91. The zero-order chi connectivity index (χ0) is 20.9. The topological polar surface area (TPSA) is 104 Å². The summed E-state index contributed by atoms with van der Waals surface area (Å²) in [5.41, 5.74) is 1.85. The van der Waals surface area contributed by atoms with Crippen LogP contribution < -0.4 is 15.0 Å². The van der Waals surface area contributed by atoms with Gasteiger partial charge in [-0.3, -0.25) is 0 Å². The highest BCUT2D eigenvalue weighted by atomic mass is 16.5. The molecule has 9 nitrogen and oxygen atoms in total. The number of pyridine rings is 1. The molecule has 2 amide bonds. The van der Waals surface area contributed by atoms with Crippen molar-refractivity contribution in [3.8, 4) is 5.88 Å². The van der Waals surface area contributed by atoms with Gasteiger partial charge in [-0.25, -0.2) is 9.59 Å². The van der Waals surface area contributed by atoms with Crippen LogP contribution >= 0.6 is 0 Å². The van der Waals surface area contributed by atoms with Gasteiger partial charge in [0.2, 0.25) is 5.88 Å². The Morgan fingerprint density at radius 3 is 2.63 bits per heavy atom. The van der Waals surface area contributed by atoms with Gasteiger partial charge in [0, 0.05) is 38.2 Å². The normalized spacial score (nSPS) is 18.2. The lowest BCUT2D eigenvalue weighted by molar-refractivity contribution is 0.128. The van der Waals surface area contributed by atoms with E-state index in [0.29, 0.717) is 45.1 Å². The van der Waals surface area contributed by atoms with Crippen molar-refractivity contribution in [2.45, 2.75) is 19.1 Å². The van der Waals surface area contributed by atoms with Crippen LogP contribution in [0.1, 0.15) is 11.1 Å². The number of hydrogen-bond acceptors (Lipinski definition) is 6. The van der Waals surface area contributed by atoms with E-state index in [9.17, 15) is 9.59 Å². The standard InChI is InChI=1S/C21H24N4O5/c26-20(30-13-15-4-2-1-3-5-15)22-17-12-16-6-7-18(23-19(16)29-14-17)24-8-10-25(11-9-24)21(27)28/h1-7,17H,8-14H2,(H,22,26)(H,27,28)/t17-/m1/s1. The van der Waals surface area contributed by atoms with Crippen LogP contribution in [0.3, 0.4) is 0 Å². The first-order valence-electron chi connectivity index (χ1n) is 9.91. The molecule has 3 heterocycles. The monoisotopic (exact) mass is 412 g/mol. The van der Waals surface area contributed by atoms with Crippen molar-refractivity contribution >= 4 is 18.0 Å². The largest absolute Gasteiger partial charge is 0.475 e. The molecule has 0 aliphatic carbocycles. The van der Waals surface area contributed by atoms with Gasteiger partial charge >= 0.3 is 12.2 Å². The smallest absolute Gasteiger partial charge is 0.407 e. The van der Waals surface area contributed by atoms with E-state index in [4.69, 9.17) is 14.6 Å².